The zero-order valence-electron chi connectivity index (χ0n) is 13.1. The molecule has 1 aliphatic heterocycles. The molecule has 0 aliphatic carbocycles. The summed E-state index contributed by atoms with van der Waals surface area (Å²) in [6, 6.07) is 4.38. The molecule has 112 valence electrons. The molecule has 3 nitrogen and oxygen atoms in total. The molecule has 1 atom stereocenters. The van der Waals surface area contributed by atoms with E-state index in [4.69, 9.17) is 4.74 Å². The third-order valence-corrected chi connectivity index (χ3v) is 4.09. The van der Waals surface area contributed by atoms with Crippen LogP contribution in [0, 0.1) is 0 Å². The number of hydrogen-bond acceptors (Lipinski definition) is 3. The molecule has 1 heterocycles. The molecule has 1 fully saturated rings. The number of hydrogen-bond donors (Lipinski definition) is 2. The largest absolute Gasteiger partial charge is 0.508 e. The van der Waals surface area contributed by atoms with Crippen LogP contribution in [0.2, 0.25) is 0 Å². The summed E-state index contributed by atoms with van der Waals surface area (Å²) < 4.78 is 5.54. The average Bonchev–Trinajstić information content (AvgIpc) is 2.38. The van der Waals surface area contributed by atoms with Crippen LogP contribution >= 0.6 is 0 Å². The fraction of sp³-hybridized carbons (Fsp3) is 0.647. The maximum absolute atomic E-state index is 10.3. The molecule has 0 spiro atoms. The van der Waals surface area contributed by atoms with E-state index in [9.17, 15) is 5.11 Å². The molecule has 2 N–H and O–H groups in total. The maximum Gasteiger partial charge on any atom is 0.122 e. The average molecular weight is 277 g/mol. The SMILES string of the molecule is COc1cc(C(C)(C)C)c(O)cc1CC1CCCCN1. The minimum Gasteiger partial charge on any atom is -0.508 e. The molecule has 1 aliphatic rings. The minimum atomic E-state index is -0.0843. The summed E-state index contributed by atoms with van der Waals surface area (Å²) in [6.45, 7) is 7.40. The van der Waals surface area contributed by atoms with E-state index in [1.165, 1.54) is 19.3 Å². The highest BCUT2D eigenvalue weighted by Gasteiger charge is 2.22. The molecule has 1 saturated heterocycles. The van der Waals surface area contributed by atoms with Crippen molar-refractivity contribution in [3.8, 4) is 11.5 Å². The van der Waals surface area contributed by atoms with Gasteiger partial charge in [-0.3, -0.25) is 0 Å². The van der Waals surface area contributed by atoms with Crippen LogP contribution in [-0.2, 0) is 11.8 Å². The van der Waals surface area contributed by atoms with Gasteiger partial charge in [0.25, 0.3) is 0 Å². The van der Waals surface area contributed by atoms with Crippen LogP contribution in [-0.4, -0.2) is 24.8 Å². The fourth-order valence-corrected chi connectivity index (χ4v) is 2.93. The molecule has 2 rings (SSSR count). The van der Waals surface area contributed by atoms with Gasteiger partial charge in [0.2, 0.25) is 0 Å². The lowest BCUT2D eigenvalue weighted by atomic mass is 9.84. The first-order valence-corrected chi connectivity index (χ1v) is 7.55. The molecule has 0 saturated carbocycles. The van der Waals surface area contributed by atoms with Gasteiger partial charge in [-0.25, -0.2) is 0 Å². The molecule has 0 bridgehead atoms. The second kappa shape index (κ2) is 6.04. The predicted molar refractivity (Wildman–Crippen MR) is 82.7 cm³/mol. The van der Waals surface area contributed by atoms with Crippen molar-refractivity contribution in [2.45, 2.75) is 57.9 Å². The van der Waals surface area contributed by atoms with Crippen LogP contribution in [0.3, 0.4) is 0 Å². The number of phenols is 1. The molecule has 0 aromatic heterocycles. The summed E-state index contributed by atoms with van der Waals surface area (Å²) in [5.41, 5.74) is 1.95. The van der Waals surface area contributed by atoms with E-state index >= 15 is 0 Å². The number of piperidine rings is 1. The van der Waals surface area contributed by atoms with Gasteiger partial charge in [0.05, 0.1) is 7.11 Å². The zero-order chi connectivity index (χ0) is 14.8. The number of rotatable bonds is 3. The Hall–Kier alpha value is -1.22. The summed E-state index contributed by atoms with van der Waals surface area (Å²) in [5.74, 6) is 1.27. The van der Waals surface area contributed by atoms with Gasteiger partial charge < -0.3 is 15.2 Å². The zero-order valence-corrected chi connectivity index (χ0v) is 13.1. The molecule has 1 aromatic carbocycles. The monoisotopic (exact) mass is 277 g/mol. The number of nitrogens with one attached hydrogen (secondary N) is 1. The first-order valence-electron chi connectivity index (χ1n) is 7.55. The Morgan fingerprint density at radius 3 is 2.60 bits per heavy atom. The number of methoxy groups -OCH3 is 1. The van der Waals surface area contributed by atoms with Crippen LogP contribution in [0.5, 0.6) is 11.5 Å². The molecule has 0 radical (unpaired) electrons. The first-order chi connectivity index (χ1) is 9.41. The number of aromatic hydroxyl groups is 1. The lowest BCUT2D eigenvalue weighted by Crippen LogP contribution is -2.35. The lowest BCUT2D eigenvalue weighted by Gasteiger charge is -2.26. The van der Waals surface area contributed by atoms with Crippen LogP contribution in [0.25, 0.3) is 0 Å². The molecule has 20 heavy (non-hydrogen) atoms. The third kappa shape index (κ3) is 3.45. The second-order valence-corrected chi connectivity index (χ2v) is 6.78. The van der Waals surface area contributed by atoms with E-state index in [0.29, 0.717) is 11.8 Å². The van der Waals surface area contributed by atoms with Gasteiger partial charge in [0.1, 0.15) is 11.5 Å². The highest BCUT2D eigenvalue weighted by atomic mass is 16.5. The van der Waals surface area contributed by atoms with Crippen molar-refractivity contribution >= 4 is 0 Å². The van der Waals surface area contributed by atoms with Crippen molar-refractivity contribution in [3.63, 3.8) is 0 Å². The van der Waals surface area contributed by atoms with Crippen molar-refractivity contribution < 1.29 is 9.84 Å². The third-order valence-electron chi connectivity index (χ3n) is 4.09. The Labute approximate surface area is 122 Å². The fourth-order valence-electron chi connectivity index (χ4n) is 2.93. The summed E-state index contributed by atoms with van der Waals surface area (Å²) in [6.07, 6.45) is 4.67. The summed E-state index contributed by atoms with van der Waals surface area (Å²) >= 11 is 0. The smallest absolute Gasteiger partial charge is 0.122 e. The van der Waals surface area contributed by atoms with Crippen LogP contribution in [0.15, 0.2) is 12.1 Å². The molecule has 1 aromatic rings. The Kier molecular flexibility index (Phi) is 4.59. The van der Waals surface area contributed by atoms with Crippen molar-refractivity contribution in [2.75, 3.05) is 13.7 Å². The normalized spacial score (nSPS) is 19.9. The molecule has 1 unspecified atom stereocenters. The molecular weight excluding hydrogens is 250 g/mol. The second-order valence-electron chi connectivity index (χ2n) is 6.78. The van der Waals surface area contributed by atoms with E-state index < -0.39 is 0 Å². The van der Waals surface area contributed by atoms with Gasteiger partial charge in [-0.05, 0) is 48.9 Å². The van der Waals surface area contributed by atoms with E-state index in [1.54, 1.807) is 7.11 Å². The van der Waals surface area contributed by atoms with E-state index in [0.717, 1.165) is 29.8 Å². The first kappa shape index (κ1) is 15.2. The van der Waals surface area contributed by atoms with E-state index in [2.05, 4.69) is 26.1 Å². The van der Waals surface area contributed by atoms with Crippen LogP contribution < -0.4 is 10.1 Å². The van der Waals surface area contributed by atoms with Crippen LogP contribution in [0.4, 0.5) is 0 Å². The number of benzene rings is 1. The van der Waals surface area contributed by atoms with Gasteiger partial charge in [-0.1, -0.05) is 27.2 Å². The summed E-state index contributed by atoms with van der Waals surface area (Å²) in [5, 5.41) is 13.8. The highest BCUT2D eigenvalue weighted by molar-refractivity contribution is 5.48. The number of ether oxygens (including phenoxy) is 1. The Bertz CT molecular complexity index is 457. The molecule has 0 amide bonds. The predicted octanol–water partition coefficient (Wildman–Crippen LogP) is 3.38. The Balaban J connectivity index is 2.26. The quantitative estimate of drug-likeness (QED) is 0.890. The minimum absolute atomic E-state index is 0.0843. The number of phenolic OH excluding ortho intramolecular Hbond substituents is 1. The van der Waals surface area contributed by atoms with Crippen molar-refractivity contribution in [3.05, 3.63) is 23.3 Å². The topological polar surface area (TPSA) is 41.5 Å². The van der Waals surface area contributed by atoms with Gasteiger partial charge in [0.15, 0.2) is 0 Å². The standard InChI is InChI=1S/C17H27NO2/c1-17(2,3)14-11-16(20-4)12(10-15(14)19)9-13-7-5-6-8-18-13/h10-11,13,18-19H,5-9H2,1-4H3. The van der Waals surface area contributed by atoms with E-state index in [1.807, 2.05) is 12.1 Å². The Morgan fingerprint density at radius 2 is 2.05 bits per heavy atom. The maximum atomic E-state index is 10.3. The summed E-state index contributed by atoms with van der Waals surface area (Å²) in [4.78, 5) is 0. The summed E-state index contributed by atoms with van der Waals surface area (Å²) in [7, 11) is 1.70. The van der Waals surface area contributed by atoms with Crippen LogP contribution in [0.1, 0.15) is 51.2 Å². The molecular formula is C17H27NO2. The van der Waals surface area contributed by atoms with Crippen molar-refractivity contribution in [1.29, 1.82) is 0 Å². The molecule has 3 heteroatoms. The highest BCUT2D eigenvalue weighted by Crippen LogP contribution is 2.36. The van der Waals surface area contributed by atoms with Gasteiger partial charge >= 0.3 is 0 Å². The van der Waals surface area contributed by atoms with Crippen molar-refractivity contribution in [1.82, 2.24) is 5.32 Å². The van der Waals surface area contributed by atoms with Gasteiger partial charge in [0, 0.05) is 11.6 Å². The van der Waals surface area contributed by atoms with Gasteiger partial charge in [-0.2, -0.15) is 0 Å². The lowest BCUT2D eigenvalue weighted by molar-refractivity contribution is 0.377. The van der Waals surface area contributed by atoms with Crippen molar-refractivity contribution in [2.24, 2.45) is 0 Å². The Morgan fingerprint density at radius 1 is 1.30 bits per heavy atom. The van der Waals surface area contributed by atoms with Gasteiger partial charge in [-0.15, -0.1) is 0 Å². The van der Waals surface area contributed by atoms with E-state index in [-0.39, 0.29) is 5.41 Å².